The highest BCUT2D eigenvalue weighted by atomic mass is 31.2. The summed E-state index contributed by atoms with van der Waals surface area (Å²) in [5.74, 6) is -0.485. The second-order valence-corrected chi connectivity index (χ2v) is 16.3. The summed E-state index contributed by atoms with van der Waals surface area (Å²) in [6.45, 7) is 4.20. The molecule has 13 heteroatoms. The normalized spacial score (nSPS) is 23.6. The molecule has 0 bridgehead atoms. The number of phosphoric ester groups is 1. The Kier molecular flexibility index (Phi) is 30.9. The van der Waals surface area contributed by atoms with Gasteiger partial charge in [-0.1, -0.05) is 141 Å². The van der Waals surface area contributed by atoms with Crippen LogP contribution >= 0.6 is 7.82 Å². The first kappa shape index (κ1) is 50.8. The number of esters is 1. The zero-order valence-corrected chi connectivity index (χ0v) is 34.4. The highest BCUT2D eigenvalue weighted by molar-refractivity contribution is 7.47. The van der Waals surface area contributed by atoms with Crippen LogP contribution in [0.4, 0.5) is 0 Å². The molecule has 0 heterocycles. The van der Waals surface area contributed by atoms with Gasteiger partial charge < -0.3 is 39.9 Å². The fourth-order valence-corrected chi connectivity index (χ4v) is 7.36. The van der Waals surface area contributed by atoms with E-state index in [1.54, 1.807) is 0 Å². The van der Waals surface area contributed by atoms with Crippen LogP contribution in [-0.4, -0.2) is 98.9 Å². The molecule has 1 fully saturated rings. The van der Waals surface area contributed by atoms with Crippen molar-refractivity contribution in [2.45, 2.75) is 211 Å². The van der Waals surface area contributed by atoms with Gasteiger partial charge in [-0.15, -0.1) is 0 Å². The lowest BCUT2D eigenvalue weighted by Gasteiger charge is -2.41. The van der Waals surface area contributed by atoms with Gasteiger partial charge in [-0.25, -0.2) is 4.57 Å². The van der Waals surface area contributed by atoms with Gasteiger partial charge in [0.15, 0.2) is 0 Å². The minimum Gasteiger partial charge on any atom is -0.457 e. The van der Waals surface area contributed by atoms with Crippen LogP contribution in [0.1, 0.15) is 168 Å². The van der Waals surface area contributed by atoms with Crippen molar-refractivity contribution >= 4 is 13.8 Å². The number of carbonyl (C=O) groups is 1. The molecule has 0 saturated heterocycles. The third-order valence-corrected chi connectivity index (χ3v) is 10.8. The second kappa shape index (κ2) is 32.9. The molecule has 1 rings (SSSR count). The minimum atomic E-state index is -5.01. The van der Waals surface area contributed by atoms with Crippen molar-refractivity contribution in [2.24, 2.45) is 0 Å². The smallest absolute Gasteiger partial charge is 0.457 e. The van der Waals surface area contributed by atoms with Gasteiger partial charge in [0, 0.05) is 13.0 Å². The molecule has 1 saturated carbocycles. The van der Waals surface area contributed by atoms with Crippen LogP contribution in [0.5, 0.6) is 0 Å². The lowest BCUT2D eigenvalue weighted by molar-refractivity contribution is -0.220. The molecule has 1 aliphatic rings. The van der Waals surface area contributed by atoms with Crippen LogP contribution in [-0.2, 0) is 27.9 Å². The fourth-order valence-electron chi connectivity index (χ4n) is 6.38. The van der Waals surface area contributed by atoms with Gasteiger partial charge >= 0.3 is 13.8 Å². The number of hydrogen-bond acceptors (Lipinski definition) is 11. The molecule has 6 atom stereocenters. The molecule has 0 spiro atoms. The van der Waals surface area contributed by atoms with Gasteiger partial charge in [-0.05, 0) is 44.9 Å². The molecule has 318 valence electrons. The van der Waals surface area contributed by atoms with Crippen molar-refractivity contribution in [3.05, 3.63) is 24.3 Å². The van der Waals surface area contributed by atoms with E-state index in [0.29, 0.717) is 13.0 Å². The van der Waals surface area contributed by atoms with E-state index >= 15 is 0 Å². The number of allylic oxidation sites excluding steroid dienone is 4. The van der Waals surface area contributed by atoms with Crippen molar-refractivity contribution in [1.29, 1.82) is 0 Å². The van der Waals surface area contributed by atoms with Gasteiger partial charge in [0.05, 0.1) is 13.2 Å². The number of hydrogen-bond donors (Lipinski definition) is 6. The maximum absolute atomic E-state index is 12.8. The van der Waals surface area contributed by atoms with E-state index in [2.05, 4.69) is 38.2 Å². The molecule has 0 amide bonds. The molecule has 6 N–H and O–H groups in total. The van der Waals surface area contributed by atoms with Gasteiger partial charge in [0.2, 0.25) is 0 Å². The maximum Gasteiger partial charge on any atom is 0.472 e. The third-order valence-electron chi connectivity index (χ3n) is 9.83. The average Bonchev–Trinajstić information content (AvgIpc) is 3.15. The summed E-state index contributed by atoms with van der Waals surface area (Å²) >= 11 is 0. The number of rotatable bonds is 35. The molecule has 1 aliphatic carbocycles. The van der Waals surface area contributed by atoms with Crippen LogP contribution in [0.2, 0.25) is 0 Å². The van der Waals surface area contributed by atoms with E-state index in [-0.39, 0.29) is 13.0 Å². The van der Waals surface area contributed by atoms with E-state index in [1.807, 2.05) is 0 Å². The minimum absolute atomic E-state index is 0.0770. The summed E-state index contributed by atoms with van der Waals surface area (Å²) in [4.78, 5) is 23.0. The monoisotopic (exact) mass is 793 g/mol. The Bertz CT molecular complexity index is 995. The standard InChI is InChI=1S/C41H77O12P/c1-3-5-7-9-11-13-15-16-17-18-19-20-21-22-24-26-28-30-35(42)52-34(32-50-31-29-27-25-23-14-12-10-8-6-4-2)33-51-54(48,49)53-41-39(46)37(44)36(43)38(45)40(41)47/h11,13,16-17,34,36-41,43-47H,3-10,12,14-15,18-33H2,1-2H3,(H,48,49)/b13-11-,17-16-. The fraction of sp³-hybridized carbons (Fsp3) is 0.878. The Morgan fingerprint density at radius 2 is 1.04 bits per heavy atom. The van der Waals surface area contributed by atoms with Crippen LogP contribution in [0.25, 0.3) is 0 Å². The number of aliphatic hydroxyl groups is 5. The third kappa shape index (κ3) is 25.1. The quantitative estimate of drug-likeness (QED) is 0.0159. The summed E-state index contributed by atoms with van der Waals surface area (Å²) in [7, 11) is -5.01. The molecular formula is C41H77O12P. The van der Waals surface area contributed by atoms with Crippen molar-refractivity contribution < 1.29 is 58.3 Å². The lowest BCUT2D eigenvalue weighted by Crippen LogP contribution is -2.64. The Balaban J connectivity index is 2.42. The number of carbonyl (C=O) groups excluding carboxylic acids is 1. The molecule has 0 aromatic carbocycles. The number of unbranched alkanes of at least 4 members (excludes halogenated alkanes) is 19. The molecule has 54 heavy (non-hydrogen) atoms. The Morgan fingerprint density at radius 1 is 0.593 bits per heavy atom. The molecular weight excluding hydrogens is 715 g/mol. The van der Waals surface area contributed by atoms with Gasteiger partial charge in [-0.2, -0.15) is 0 Å². The molecule has 0 radical (unpaired) electrons. The van der Waals surface area contributed by atoms with Gasteiger partial charge in [-0.3, -0.25) is 13.8 Å². The highest BCUT2D eigenvalue weighted by Gasteiger charge is 2.51. The van der Waals surface area contributed by atoms with E-state index < -0.39 is 63.1 Å². The second-order valence-electron chi connectivity index (χ2n) is 14.8. The van der Waals surface area contributed by atoms with E-state index in [0.717, 1.165) is 57.8 Å². The van der Waals surface area contributed by atoms with Crippen LogP contribution in [0.15, 0.2) is 24.3 Å². The van der Waals surface area contributed by atoms with E-state index in [1.165, 1.54) is 83.5 Å². The van der Waals surface area contributed by atoms with Gasteiger partial charge in [0.25, 0.3) is 0 Å². The number of aliphatic hydroxyl groups excluding tert-OH is 5. The van der Waals surface area contributed by atoms with Crippen molar-refractivity contribution in [1.82, 2.24) is 0 Å². The highest BCUT2D eigenvalue weighted by Crippen LogP contribution is 2.47. The largest absolute Gasteiger partial charge is 0.472 e. The van der Waals surface area contributed by atoms with Crippen molar-refractivity contribution in [3.63, 3.8) is 0 Å². The van der Waals surface area contributed by atoms with Crippen molar-refractivity contribution in [2.75, 3.05) is 19.8 Å². The first-order valence-corrected chi connectivity index (χ1v) is 22.7. The topological polar surface area (TPSA) is 192 Å². The van der Waals surface area contributed by atoms with Crippen LogP contribution < -0.4 is 0 Å². The summed E-state index contributed by atoms with van der Waals surface area (Å²) in [6, 6.07) is 0. The first-order chi connectivity index (χ1) is 26.0. The average molecular weight is 793 g/mol. The SMILES string of the molecule is CCCCC/C=C\C/C=C\CCCCCCCCCC(=O)OC(COCCCCCCCCCCCC)COP(=O)(O)OC1C(O)C(O)C(O)C(O)C1O. The number of ether oxygens (including phenoxy) is 2. The Hall–Kier alpha value is -1.18. The predicted octanol–water partition coefficient (Wildman–Crippen LogP) is 7.75. The zero-order valence-electron chi connectivity index (χ0n) is 33.5. The molecule has 12 nitrogen and oxygen atoms in total. The van der Waals surface area contributed by atoms with E-state index in [9.17, 15) is 39.8 Å². The Labute approximate surface area is 326 Å². The summed E-state index contributed by atoms with van der Waals surface area (Å²) < 4.78 is 34.0. The molecule has 0 aliphatic heterocycles. The maximum atomic E-state index is 12.8. The zero-order chi connectivity index (χ0) is 39.9. The predicted molar refractivity (Wildman–Crippen MR) is 212 cm³/mol. The summed E-state index contributed by atoms with van der Waals surface area (Å²) in [5, 5.41) is 50.0. The Morgan fingerprint density at radius 3 is 1.59 bits per heavy atom. The first-order valence-electron chi connectivity index (χ1n) is 21.2. The lowest BCUT2D eigenvalue weighted by atomic mass is 9.85. The summed E-state index contributed by atoms with van der Waals surface area (Å²) in [6.07, 6.45) is 22.5. The van der Waals surface area contributed by atoms with Gasteiger partial charge in [0.1, 0.15) is 42.7 Å². The molecule has 0 aromatic heterocycles. The molecule has 0 aromatic rings. The summed E-state index contributed by atoms with van der Waals surface area (Å²) in [5.41, 5.74) is 0. The number of phosphoric acid groups is 1. The van der Waals surface area contributed by atoms with E-state index in [4.69, 9.17) is 18.5 Å². The van der Waals surface area contributed by atoms with Crippen LogP contribution in [0, 0.1) is 0 Å². The van der Waals surface area contributed by atoms with Crippen LogP contribution in [0.3, 0.4) is 0 Å². The molecule has 6 unspecified atom stereocenters. The van der Waals surface area contributed by atoms with Crippen molar-refractivity contribution in [3.8, 4) is 0 Å².